The second-order valence-electron chi connectivity index (χ2n) is 5.12. The van der Waals surface area contributed by atoms with Gasteiger partial charge in [0.1, 0.15) is 0 Å². The van der Waals surface area contributed by atoms with Gasteiger partial charge in [-0.05, 0) is 52.7 Å². The lowest BCUT2D eigenvalue weighted by Crippen LogP contribution is -2.18. The first kappa shape index (κ1) is 15.8. The molecular formula is C18H21ClN2. The van der Waals surface area contributed by atoms with E-state index in [4.69, 9.17) is 5.73 Å². The zero-order chi connectivity index (χ0) is 13.8. The van der Waals surface area contributed by atoms with Crippen LogP contribution in [0.5, 0.6) is 0 Å². The van der Waals surface area contributed by atoms with Crippen molar-refractivity contribution in [2.45, 2.75) is 13.0 Å². The molecule has 0 aromatic heterocycles. The Bertz CT molecular complexity index is 671. The summed E-state index contributed by atoms with van der Waals surface area (Å²) >= 11 is 0. The molecule has 21 heavy (non-hydrogen) atoms. The van der Waals surface area contributed by atoms with Crippen LogP contribution in [-0.2, 0) is 6.54 Å². The molecular weight excluding hydrogens is 280 g/mol. The van der Waals surface area contributed by atoms with E-state index in [1.54, 1.807) is 0 Å². The number of fused-ring (bicyclic) bond motifs is 2. The smallest absolute Gasteiger partial charge is 0.0217 e. The quantitative estimate of drug-likeness (QED) is 0.555. The summed E-state index contributed by atoms with van der Waals surface area (Å²) in [5.74, 6) is 0. The van der Waals surface area contributed by atoms with Crippen LogP contribution in [-0.4, -0.2) is 13.1 Å². The molecule has 0 fully saturated rings. The van der Waals surface area contributed by atoms with Gasteiger partial charge in [-0.25, -0.2) is 0 Å². The molecule has 110 valence electrons. The average molecular weight is 301 g/mol. The van der Waals surface area contributed by atoms with Gasteiger partial charge in [0.15, 0.2) is 0 Å². The molecule has 0 heterocycles. The Morgan fingerprint density at radius 3 is 2.00 bits per heavy atom. The Kier molecular flexibility index (Phi) is 5.57. The molecule has 0 aliphatic carbocycles. The zero-order valence-corrected chi connectivity index (χ0v) is 12.8. The predicted molar refractivity (Wildman–Crippen MR) is 94.1 cm³/mol. The van der Waals surface area contributed by atoms with Crippen molar-refractivity contribution >= 4 is 34.0 Å². The number of halogens is 1. The van der Waals surface area contributed by atoms with E-state index < -0.39 is 0 Å². The number of rotatable bonds is 5. The maximum Gasteiger partial charge on any atom is 0.0217 e. The summed E-state index contributed by atoms with van der Waals surface area (Å²) in [6.45, 7) is 2.60. The molecule has 0 aliphatic heterocycles. The highest BCUT2D eigenvalue weighted by Gasteiger charge is 2.06. The van der Waals surface area contributed by atoms with Crippen LogP contribution >= 0.6 is 12.4 Å². The molecule has 0 spiro atoms. The summed E-state index contributed by atoms with van der Waals surface area (Å²) in [5.41, 5.74) is 6.93. The molecule has 3 rings (SSSR count). The minimum atomic E-state index is 0. The van der Waals surface area contributed by atoms with Gasteiger partial charge in [0.25, 0.3) is 0 Å². The average Bonchev–Trinajstić information content (AvgIpc) is 2.50. The number of hydrogen-bond acceptors (Lipinski definition) is 2. The maximum absolute atomic E-state index is 5.55. The first-order valence-electron chi connectivity index (χ1n) is 7.20. The predicted octanol–water partition coefficient (Wildman–Crippen LogP) is 3.85. The van der Waals surface area contributed by atoms with Crippen molar-refractivity contribution in [2.75, 3.05) is 13.1 Å². The number of nitrogens with two attached hydrogens (primary N) is 1. The summed E-state index contributed by atoms with van der Waals surface area (Å²) in [7, 11) is 0. The number of benzene rings is 3. The molecule has 3 N–H and O–H groups in total. The minimum Gasteiger partial charge on any atom is -0.330 e. The highest BCUT2D eigenvalue weighted by molar-refractivity contribution is 6.02. The summed E-state index contributed by atoms with van der Waals surface area (Å²) < 4.78 is 0. The van der Waals surface area contributed by atoms with E-state index in [1.165, 1.54) is 27.1 Å². The van der Waals surface area contributed by atoms with E-state index >= 15 is 0 Å². The van der Waals surface area contributed by atoms with Crippen molar-refractivity contribution in [3.63, 3.8) is 0 Å². The van der Waals surface area contributed by atoms with Gasteiger partial charge in [-0.15, -0.1) is 12.4 Å². The molecule has 0 radical (unpaired) electrons. The summed E-state index contributed by atoms with van der Waals surface area (Å²) in [5, 5.41) is 8.80. The lowest BCUT2D eigenvalue weighted by atomic mass is 9.97. The molecule has 3 aromatic carbocycles. The topological polar surface area (TPSA) is 38.0 Å². The molecule has 0 saturated carbocycles. The van der Waals surface area contributed by atoms with E-state index in [0.29, 0.717) is 0 Å². The fourth-order valence-corrected chi connectivity index (χ4v) is 2.74. The van der Waals surface area contributed by atoms with Crippen molar-refractivity contribution in [2.24, 2.45) is 5.73 Å². The van der Waals surface area contributed by atoms with Gasteiger partial charge in [-0.1, -0.05) is 48.5 Å². The second-order valence-corrected chi connectivity index (χ2v) is 5.12. The van der Waals surface area contributed by atoms with E-state index in [2.05, 4.69) is 59.9 Å². The minimum absolute atomic E-state index is 0. The first-order chi connectivity index (χ1) is 9.90. The third kappa shape index (κ3) is 3.35. The maximum atomic E-state index is 5.55. The second kappa shape index (κ2) is 7.41. The molecule has 0 unspecified atom stereocenters. The molecule has 3 aromatic rings. The number of nitrogens with one attached hydrogen (secondary N) is 1. The van der Waals surface area contributed by atoms with Crippen molar-refractivity contribution in [1.29, 1.82) is 0 Å². The molecule has 0 saturated heterocycles. The third-order valence-electron chi connectivity index (χ3n) is 3.74. The monoisotopic (exact) mass is 300 g/mol. The highest BCUT2D eigenvalue weighted by atomic mass is 35.5. The van der Waals surface area contributed by atoms with Gasteiger partial charge >= 0.3 is 0 Å². The van der Waals surface area contributed by atoms with E-state index in [9.17, 15) is 0 Å². The van der Waals surface area contributed by atoms with Crippen LogP contribution in [0.2, 0.25) is 0 Å². The molecule has 0 bridgehead atoms. The lowest BCUT2D eigenvalue weighted by molar-refractivity contribution is 0.659. The fourth-order valence-electron chi connectivity index (χ4n) is 2.74. The van der Waals surface area contributed by atoms with Crippen LogP contribution in [0.1, 0.15) is 12.0 Å². The molecule has 3 heteroatoms. The first-order valence-corrected chi connectivity index (χ1v) is 7.20. The Hall–Kier alpha value is -1.61. The largest absolute Gasteiger partial charge is 0.330 e. The Morgan fingerprint density at radius 2 is 1.43 bits per heavy atom. The molecule has 0 amide bonds. The van der Waals surface area contributed by atoms with E-state index in [-0.39, 0.29) is 12.4 Å². The Morgan fingerprint density at radius 1 is 0.857 bits per heavy atom. The van der Waals surface area contributed by atoms with Gasteiger partial charge < -0.3 is 11.1 Å². The fraction of sp³-hybridized carbons (Fsp3) is 0.222. The van der Waals surface area contributed by atoms with Gasteiger partial charge in [0, 0.05) is 6.54 Å². The van der Waals surface area contributed by atoms with Crippen LogP contribution in [0.3, 0.4) is 0 Å². The SMILES string of the molecule is Cl.NCCCNCc1c2ccccc2cc2ccccc12. The standard InChI is InChI=1S/C18H20N2.ClH/c19-10-5-11-20-13-18-16-8-3-1-6-14(16)12-15-7-2-4-9-17(15)18;/h1-4,6-9,12,20H,5,10-11,13,19H2;1H. The van der Waals surface area contributed by atoms with Crippen molar-refractivity contribution in [3.05, 3.63) is 60.2 Å². The Balaban J connectivity index is 0.00000161. The summed E-state index contributed by atoms with van der Waals surface area (Å²) in [6, 6.07) is 19.5. The molecule has 0 atom stereocenters. The van der Waals surface area contributed by atoms with E-state index in [0.717, 1.165) is 26.1 Å². The van der Waals surface area contributed by atoms with Crippen molar-refractivity contribution in [3.8, 4) is 0 Å². The van der Waals surface area contributed by atoms with E-state index in [1.807, 2.05) is 0 Å². The number of hydrogen-bond donors (Lipinski definition) is 2. The summed E-state index contributed by atoms with van der Waals surface area (Å²) in [4.78, 5) is 0. The van der Waals surface area contributed by atoms with Crippen LogP contribution in [0.15, 0.2) is 54.6 Å². The van der Waals surface area contributed by atoms with Crippen LogP contribution < -0.4 is 11.1 Å². The van der Waals surface area contributed by atoms with Crippen molar-refractivity contribution < 1.29 is 0 Å². The normalized spacial score (nSPS) is 10.7. The van der Waals surface area contributed by atoms with Crippen molar-refractivity contribution in [1.82, 2.24) is 5.32 Å². The molecule has 2 nitrogen and oxygen atoms in total. The highest BCUT2D eigenvalue weighted by Crippen LogP contribution is 2.28. The summed E-state index contributed by atoms with van der Waals surface area (Å²) in [6.07, 6.45) is 1.02. The zero-order valence-electron chi connectivity index (χ0n) is 12.0. The third-order valence-corrected chi connectivity index (χ3v) is 3.74. The lowest BCUT2D eigenvalue weighted by Gasteiger charge is -2.12. The van der Waals surface area contributed by atoms with Crippen LogP contribution in [0.4, 0.5) is 0 Å². The van der Waals surface area contributed by atoms with Gasteiger partial charge in [-0.3, -0.25) is 0 Å². The van der Waals surface area contributed by atoms with Crippen LogP contribution in [0, 0.1) is 0 Å². The van der Waals surface area contributed by atoms with Gasteiger partial charge in [0.05, 0.1) is 0 Å². The molecule has 0 aliphatic rings. The Labute approximate surface area is 131 Å². The van der Waals surface area contributed by atoms with Gasteiger partial charge in [0.2, 0.25) is 0 Å². The van der Waals surface area contributed by atoms with Crippen LogP contribution in [0.25, 0.3) is 21.5 Å². The van der Waals surface area contributed by atoms with Gasteiger partial charge in [-0.2, -0.15) is 0 Å².